The number of hydrogen-bond donors (Lipinski definition) is 0. The molecule has 0 fully saturated rings. The predicted octanol–water partition coefficient (Wildman–Crippen LogP) is 2.92. The molecule has 0 rings (SSSR count). The first-order valence-electron chi connectivity index (χ1n) is 4.52. The van der Waals surface area contributed by atoms with Crippen LogP contribution in [0.1, 0.15) is 27.2 Å². The van der Waals surface area contributed by atoms with Gasteiger partial charge in [-0.25, -0.2) is 0 Å². The fourth-order valence-corrected chi connectivity index (χ4v) is 0.905. The molecule has 0 radical (unpaired) electrons. The van der Waals surface area contributed by atoms with E-state index >= 15 is 0 Å². The molecule has 0 heterocycles. The first kappa shape index (κ1) is 12.8. The van der Waals surface area contributed by atoms with Crippen molar-refractivity contribution in [2.24, 2.45) is 5.92 Å². The molecule has 0 saturated carbocycles. The Kier molecular flexibility index (Phi) is 4.75. The summed E-state index contributed by atoms with van der Waals surface area (Å²) in [6.07, 6.45) is -3.30. The van der Waals surface area contributed by atoms with Gasteiger partial charge in [-0.1, -0.05) is 13.8 Å². The molecular weight excluding hydrogens is 179 g/mol. The lowest BCUT2D eigenvalue weighted by Crippen LogP contribution is -2.41. The maximum Gasteiger partial charge on any atom is 0.403 e. The molecule has 0 aromatic carbocycles. The van der Waals surface area contributed by atoms with Crippen molar-refractivity contribution in [3.63, 3.8) is 0 Å². The summed E-state index contributed by atoms with van der Waals surface area (Å²) in [5.41, 5.74) is 0. The molecule has 0 bridgehead atoms. The number of hydrogen-bond acceptors (Lipinski definition) is 1. The molecule has 0 N–H and O–H groups in total. The normalized spacial score (nSPS) is 15.5. The summed E-state index contributed by atoms with van der Waals surface area (Å²) in [5, 5.41) is 0. The highest BCUT2D eigenvalue weighted by molar-refractivity contribution is 4.71. The zero-order chi connectivity index (χ0) is 10.6. The van der Waals surface area contributed by atoms with Gasteiger partial charge < -0.3 is 0 Å². The van der Waals surface area contributed by atoms with Crippen LogP contribution >= 0.6 is 0 Å². The number of alkyl halides is 3. The zero-order valence-corrected chi connectivity index (χ0v) is 8.65. The summed E-state index contributed by atoms with van der Waals surface area (Å²) in [4.78, 5) is 1.35. The van der Waals surface area contributed by atoms with E-state index in [2.05, 4.69) is 0 Å². The molecule has 0 amide bonds. The van der Waals surface area contributed by atoms with E-state index in [0.717, 1.165) is 6.42 Å². The molecule has 13 heavy (non-hydrogen) atoms. The third-order valence-corrected chi connectivity index (χ3v) is 2.19. The Labute approximate surface area is 77.9 Å². The summed E-state index contributed by atoms with van der Waals surface area (Å²) >= 11 is 0. The van der Waals surface area contributed by atoms with Gasteiger partial charge in [0.25, 0.3) is 0 Å². The molecule has 0 aromatic heterocycles. The number of halogens is 3. The molecule has 80 valence electrons. The van der Waals surface area contributed by atoms with Gasteiger partial charge >= 0.3 is 6.18 Å². The molecule has 0 aliphatic carbocycles. The van der Waals surface area contributed by atoms with Crippen molar-refractivity contribution in [1.82, 2.24) is 4.90 Å². The Morgan fingerprint density at radius 3 is 1.92 bits per heavy atom. The third kappa shape index (κ3) is 5.13. The average molecular weight is 197 g/mol. The minimum atomic E-state index is -4.11. The number of rotatable bonds is 4. The highest BCUT2D eigenvalue weighted by Crippen LogP contribution is 2.23. The van der Waals surface area contributed by atoms with Crippen LogP contribution in [0.25, 0.3) is 0 Å². The third-order valence-electron chi connectivity index (χ3n) is 2.19. The van der Waals surface area contributed by atoms with E-state index in [1.807, 2.05) is 13.8 Å². The largest absolute Gasteiger partial charge is 0.403 e. The standard InChI is InChI=1S/C9H18F3N/c1-7(2)5-6-13(4)8(3)9(10,11)12/h7-8H,5-6H2,1-4H3/t8-/m0/s1. The molecule has 0 aliphatic rings. The Morgan fingerprint density at radius 1 is 1.15 bits per heavy atom. The van der Waals surface area contributed by atoms with Crippen LogP contribution in [0.3, 0.4) is 0 Å². The van der Waals surface area contributed by atoms with Gasteiger partial charge in [0.05, 0.1) is 0 Å². The summed E-state index contributed by atoms with van der Waals surface area (Å²) in [6, 6.07) is -1.34. The lowest BCUT2D eigenvalue weighted by molar-refractivity contribution is -0.175. The van der Waals surface area contributed by atoms with Crippen LogP contribution < -0.4 is 0 Å². The Hall–Kier alpha value is -0.250. The van der Waals surface area contributed by atoms with E-state index < -0.39 is 12.2 Å². The molecule has 0 unspecified atom stereocenters. The van der Waals surface area contributed by atoms with E-state index in [-0.39, 0.29) is 0 Å². The maximum atomic E-state index is 12.2. The summed E-state index contributed by atoms with van der Waals surface area (Å²) < 4.78 is 36.5. The molecule has 1 atom stereocenters. The van der Waals surface area contributed by atoms with Crippen LogP contribution in [0.5, 0.6) is 0 Å². The van der Waals surface area contributed by atoms with Gasteiger partial charge in [-0.05, 0) is 32.9 Å². The van der Waals surface area contributed by atoms with E-state index in [4.69, 9.17) is 0 Å². The molecule has 0 aliphatic heterocycles. The van der Waals surface area contributed by atoms with Crippen molar-refractivity contribution in [1.29, 1.82) is 0 Å². The van der Waals surface area contributed by atoms with Gasteiger partial charge in [0.15, 0.2) is 0 Å². The molecule has 0 aromatic rings. The summed E-state index contributed by atoms with van der Waals surface area (Å²) in [5.74, 6) is 0.447. The molecule has 0 saturated heterocycles. The Balaban J connectivity index is 3.90. The van der Waals surface area contributed by atoms with Crippen molar-refractivity contribution >= 4 is 0 Å². The second-order valence-electron chi connectivity index (χ2n) is 3.88. The first-order valence-corrected chi connectivity index (χ1v) is 4.52. The number of nitrogens with zero attached hydrogens (tertiary/aromatic N) is 1. The zero-order valence-electron chi connectivity index (χ0n) is 8.65. The van der Waals surface area contributed by atoms with E-state index in [1.54, 1.807) is 0 Å². The Bertz CT molecular complexity index is 142. The first-order chi connectivity index (χ1) is 5.75. The van der Waals surface area contributed by atoms with Crippen LogP contribution in [-0.4, -0.2) is 30.7 Å². The average Bonchev–Trinajstić information content (AvgIpc) is 1.96. The van der Waals surface area contributed by atoms with E-state index in [9.17, 15) is 13.2 Å². The van der Waals surface area contributed by atoms with Crippen molar-refractivity contribution in [2.45, 2.75) is 39.4 Å². The minimum absolute atomic E-state index is 0.447. The van der Waals surface area contributed by atoms with Crippen LogP contribution in [0, 0.1) is 5.92 Å². The summed E-state index contributed by atoms with van der Waals surface area (Å²) in [7, 11) is 1.51. The Morgan fingerprint density at radius 2 is 1.62 bits per heavy atom. The summed E-state index contributed by atoms with van der Waals surface area (Å²) in [6.45, 7) is 5.71. The molecule has 1 nitrogen and oxygen atoms in total. The van der Waals surface area contributed by atoms with Gasteiger partial charge in [-0.2, -0.15) is 13.2 Å². The molecule has 4 heteroatoms. The van der Waals surface area contributed by atoms with Crippen molar-refractivity contribution < 1.29 is 13.2 Å². The van der Waals surface area contributed by atoms with E-state index in [0.29, 0.717) is 12.5 Å². The van der Waals surface area contributed by atoms with Crippen LogP contribution in [0.4, 0.5) is 13.2 Å². The second-order valence-corrected chi connectivity index (χ2v) is 3.88. The second kappa shape index (κ2) is 4.84. The lowest BCUT2D eigenvalue weighted by atomic mass is 10.1. The minimum Gasteiger partial charge on any atom is -0.296 e. The van der Waals surface area contributed by atoms with Gasteiger partial charge in [-0.15, -0.1) is 0 Å². The van der Waals surface area contributed by atoms with Gasteiger partial charge in [0.2, 0.25) is 0 Å². The van der Waals surface area contributed by atoms with Crippen LogP contribution in [0.2, 0.25) is 0 Å². The quantitative estimate of drug-likeness (QED) is 0.669. The molecule has 0 spiro atoms. The fraction of sp³-hybridized carbons (Fsp3) is 1.00. The maximum absolute atomic E-state index is 12.2. The SMILES string of the molecule is CC(C)CCN(C)[C@@H](C)C(F)(F)F. The van der Waals surface area contributed by atoms with Gasteiger partial charge in [0.1, 0.15) is 6.04 Å². The predicted molar refractivity (Wildman–Crippen MR) is 47.6 cm³/mol. The van der Waals surface area contributed by atoms with Crippen molar-refractivity contribution in [3.05, 3.63) is 0 Å². The lowest BCUT2D eigenvalue weighted by Gasteiger charge is -2.27. The topological polar surface area (TPSA) is 3.24 Å². The van der Waals surface area contributed by atoms with Crippen LogP contribution in [-0.2, 0) is 0 Å². The van der Waals surface area contributed by atoms with Crippen LogP contribution in [0.15, 0.2) is 0 Å². The monoisotopic (exact) mass is 197 g/mol. The molecular formula is C9H18F3N. The van der Waals surface area contributed by atoms with E-state index in [1.165, 1.54) is 18.9 Å². The highest BCUT2D eigenvalue weighted by atomic mass is 19.4. The highest BCUT2D eigenvalue weighted by Gasteiger charge is 2.38. The fourth-order valence-electron chi connectivity index (χ4n) is 0.905. The van der Waals surface area contributed by atoms with Crippen molar-refractivity contribution in [3.8, 4) is 0 Å². The van der Waals surface area contributed by atoms with Crippen molar-refractivity contribution in [2.75, 3.05) is 13.6 Å². The van der Waals surface area contributed by atoms with Gasteiger partial charge in [0, 0.05) is 0 Å². The van der Waals surface area contributed by atoms with Gasteiger partial charge in [-0.3, -0.25) is 4.90 Å². The smallest absolute Gasteiger partial charge is 0.296 e.